The maximum atomic E-state index is 12.8. The molecule has 0 aliphatic heterocycles. The number of aromatic nitrogens is 4. The minimum Gasteiger partial charge on any atom is -0.491 e. The van der Waals surface area contributed by atoms with Crippen molar-refractivity contribution < 1.29 is 9.53 Å². The van der Waals surface area contributed by atoms with Crippen LogP contribution in [-0.4, -0.2) is 40.2 Å². The van der Waals surface area contributed by atoms with E-state index in [1.165, 1.54) is 0 Å². The molecule has 0 radical (unpaired) electrons. The molecule has 0 spiro atoms. The Hall–Kier alpha value is -2.45. The number of aromatic amines is 1. The van der Waals surface area contributed by atoms with E-state index in [1.54, 1.807) is 30.1 Å². The normalized spacial score (nSPS) is 10.6. The summed E-state index contributed by atoms with van der Waals surface area (Å²) in [6, 6.07) is 12.5. The van der Waals surface area contributed by atoms with Crippen LogP contribution in [0, 0.1) is 0 Å². The number of nitrogens with zero attached hydrogens (tertiary/aromatic N) is 4. The molecule has 1 amide bonds. The van der Waals surface area contributed by atoms with Crippen LogP contribution in [0.25, 0.3) is 0 Å². The highest BCUT2D eigenvalue weighted by molar-refractivity contribution is 9.10. The van der Waals surface area contributed by atoms with E-state index < -0.39 is 0 Å². The first-order chi connectivity index (χ1) is 13.1. The van der Waals surface area contributed by atoms with E-state index >= 15 is 0 Å². The number of benzene rings is 2. The number of aryl methyl sites for hydroxylation is 1. The van der Waals surface area contributed by atoms with Gasteiger partial charge in [-0.15, -0.1) is 10.2 Å². The summed E-state index contributed by atoms with van der Waals surface area (Å²) in [5.41, 5.74) is 1.22. The molecule has 0 saturated carbocycles. The Morgan fingerprint density at radius 1 is 1.30 bits per heavy atom. The molecule has 1 N–H and O–H groups in total. The maximum absolute atomic E-state index is 12.8. The van der Waals surface area contributed by atoms with E-state index in [0.29, 0.717) is 45.3 Å². The van der Waals surface area contributed by atoms with Gasteiger partial charge in [0.15, 0.2) is 5.82 Å². The number of halogens is 2. The van der Waals surface area contributed by atoms with Crippen LogP contribution >= 0.6 is 27.5 Å². The van der Waals surface area contributed by atoms with Crippen LogP contribution < -0.4 is 9.64 Å². The summed E-state index contributed by atoms with van der Waals surface area (Å²) in [6.45, 7) is 0.472. The summed E-state index contributed by atoms with van der Waals surface area (Å²) < 4.78 is 6.55. The lowest BCUT2D eigenvalue weighted by Gasteiger charge is -2.21. The van der Waals surface area contributed by atoms with Gasteiger partial charge in [0.1, 0.15) is 5.75 Å². The average Bonchev–Trinajstić information content (AvgIpc) is 3.20. The zero-order valence-electron chi connectivity index (χ0n) is 14.5. The third-order valence-corrected chi connectivity index (χ3v) is 5.10. The Morgan fingerprint density at radius 2 is 2.11 bits per heavy atom. The molecule has 3 rings (SSSR count). The average molecular weight is 451 g/mol. The lowest BCUT2D eigenvalue weighted by Crippen LogP contribution is -2.26. The van der Waals surface area contributed by atoms with Gasteiger partial charge in [-0.1, -0.05) is 28.9 Å². The van der Waals surface area contributed by atoms with Crippen molar-refractivity contribution in [1.82, 2.24) is 20.6 Å². The van der Waals surface area contributed by atoms with E-state index in [2.05, 4.69) is 36.6 Å². The fourth-order valence-electron chi connectivity index (χ4n) is 2.49. The van der Waals surface area contributed by atoms with Crippen molar-refractivity contribution >= 4 is 39.1 Å². The molecule has 3 aromatic rings. The van der Waals surface area contributed by atoms with Gasteiger partial charge in [-0.05, 0) is 52.7 Å². The Labute approximate surface area is 169 Å². The Bertz CT molecular complexity index is 920. The summed E-state index contributed by atoms with van der Waals surface area (Å²) in [4.78, 5) is 14.4. The van der Waals surface area contributed by atoms with Crippen LogP contribution in [0.5, 0.6) is 5.75 Å². The largest absolute Gasteiger partial charge is 0.491 e. The predicted octanol–water partition coefficient (Wildman–Crippen LogP) is 3.90. The first-order valence-electron chi connectivity index (χ1n) is 8.23. The fourth-order valence-corrected chi connectivity index (χ4v) is 2.99. The summed E-state index contributed by atoms with van der Waals surface area (Å²) in [7, 11) is 1.71. The molecule has 0 aliphatic carbocycles. The Balaban J connectivity index is 1.68. The monoisotopic (exact) mass is 449 g/mol. The second-order valence-corrected chi connectivity index (χ2v) is 7.00. The van der Waals surface area contributed by atoms with E-state index in [1.807, 2.05) is 24.3 Å². The molecule has 0 aliphatic rings. The highest BCUT2D eigenvalue weighted by atomic mass is 79.9. The number of tetrazole rings is 1. The first-order valence-corrected chi connectivity index (χ1v) is 9.40. The number of H-pyrrole nitrogens is 1. The molecule has 0 atom stereocenters. The fraction of sp³-hybridized carbons (Fsp3) is 0.222. The number of rotatable bonds is 7. The first kappa shape index (κ1) is 19.3. The summed E-state index contributed by atoms with van der Waals surface area (Å²) in [6.07, 6.45) is 1.39. The molecule has 2 aromatic carbocycles. The zero-order valence-corrected chi connectivity index (χ0v) is 16.9. The van der Waals surface area contributed by atoms with E-state index in [9.17, 15) is 4.79 Å². The zero-order chi connectivity index (χ0) is 19.2. The molecule has 9 heteroatoms. The molecule has 1 aromatic heterocycles. The number of hydrogen-bond acceptors (Lipinski definition) is 5. The highest BCUT2D eigenvalue weighted by Gasteiger charge is 2.18. The summed E-state index contributed by atoms with van der Waals surface area (Å²) in [5, 5.41) is 14.3. The Morgan fingerprint density at radius 3 is 2.85 bits per heavy atom. The molecule has 0 fully saturated rings. The second-order valence-electron chi connectivity index (χ2n) is 5.74. The number of nitrogens with one attached hydrogen (secondary N) is 1. The number of hydrogen-bond donors (Lipinski definition) is 1. The van der Waals surface area contributed by atoms with Gasteiger partial charge in [0, 0.05) is 23.5 Å². The molecular weight excluding hydrogens is 434 g/mol. The molecule has 0 bridgehead atoms. The molecule has 0 saturated heterocycles. The highest BCUT2D eigenvalue weighted by Crippen LogP contribution is 2.30. The van der Waals surface area contributed by atoms with Crippen LogP contribution in [0.15, 0.2) is 46.9 Å². The molecule has 1 heterocycles. The number of amides is 1. The van der Waals surface area contributed by atoms with E-state index in [4.69, 9.17) is 16.3 Å². The summed E-state index contributed by atoms with van der Waals surface area (Å²) in [5.74, 6) is 1.12. The van der Waals surface area contributed by atoms with Gasteiger partial charge in [0.25, 0.3) is 5.91 Å². The van der Waals surface area contributed by atoms with Crippen molar-refractivity contribution in [3.05, 3.63) is 63.3 Å². The van der Waals surface area contributed by atoms with Crippen molar-refractivity contribution in [2.75, 3.05) is 18.6 Å². The summed E-state index contributed by atoms with van der Waals surface area (Å²) >= 11 is 9.36. The standard InChI is InChI=1S/C18H17BrClN5O2/c1-25(18(26)12-8-9-14(20)13(19)11-12)15-5-2-3-6-16(15)27-10-4-7-17-21-23-24-22-17/h2-3,5-6,8-9,11H,4,7,10H2,1H3,(H,21,22,23,24). The molecule has 140 valence electrons. The SMILES string of the molecule is CN(C(=O)c1ccc(Cl)c(Br)c1)c1ccccc1OCCCc1nn[nH]n1. The minimum atomic E-state index is -0.157. The quantitative estimate of drug-likeness (QED) is 0.552. The van der Waals surface area contributed by atoms with Crippen LogP contribution in [-0.2, 0) is 6.42 Å². The van der Waals surface area contributed by atoms with Gasteiger partial charge in [-0.25, -0.2) is 0 Å². The number of carbonyl (C=O) groups excluding carboxylic acids is 1. The van der Waals surface area contributed by atoms with Gasteiger partial charge >= 0.3 is 0 Å². The van der Waals surface area contributed by atoms with Crippen LogP contribution in [0.4, 0.5) is 5.69 Å². The van der Waals surface area contributed by atoms with Gasteiger partial charge in [-0.3, -0.25) is 4.79 Å². The van der Waals surface area contributed by atoms with Gasteiger partial charge in [-0.2, -0.15) is 5.21 Å². The third kappa shape index (κ3) is 4.84. The number of ether oxygens (including phenoxy) is 1. The lowest BCUT2D eigenvalue weighted by molar-refractivity contribution is 0.0992. The molecule has 0 unspecified atom stereocenters. The van der Waals surface area contributed by atoms with Gasteiger partial charge in [0.2, 0.25) is 0 Å². The van der Waals surface area contributed by atoms with Crippen molar-refractivity contribution in [2.24, 2.45) is 0 Å². The van der Waals surface area contributed by atoms with Crippen molar-refractivity contribution in [3.8, 4) is 5.75 Å². The third-order valence-electron chi connectivity index (χ3n) is 3.89. The Kier molecular flexibility index (Phi) is 6.41. The van der Waals surface area contributed by atoms with Crippen LogP contribution in [0.3, 0.4) is 0 Å². The van der Waals surface area contributed by atoms with Gasteiger partial charge in [0.05, 0.1) is 17.3 Å². The topological polar surface area (TPSA) is 84.0 Å². The molecular formula is C18H17BrClN5O2. The van der Waals surface area contributed by atoms with E-state index in [0.717, 1.165) is 6.42 Å². The second kappa shape index (κ2) is 8.96. The number of para-hydroxylation sites is 2. The number of carbonyl (C=O) groups is 1. The maximum Gasteiger partial charge on any atom is 0.258 e. The minimum absolute atomic E-state index is 0.157. The van der Waals surface area contributed by atoms with Crippen molar-refractivity contribution in [2.45, 2.75) is 12.8 Å². The van der Waals surface area contributed by atoms with Crippen LogP contribution in [0.2, 0.25) is 5.02 Å². The van der Waals surface area contributed by atoms with Crippen molar-refractivity contribution in [3.63, 3.8) is 0 Å². The number of anilines is 1. The van der Waals surface area contributed by atoms with E-state index in [-0.39, 0.29) is 5.91 Å². The molecule has 7 nitrogen and oxygen atoms in total. The van der Waals surface area contributed by atoms with Gasteiger partial charge < -0.3 is 9.64 Å². The molecule has 27 heavy (non-hydrogen) atoms. The smallest absolute Gasteiger partial charge is 0.258 e. The predicted molar refractivity (Wildman–Crippen MR) is 106 cm³/mol. The lowest BCUT2D eigenvalue weighted by atomic mass is 10.2. The van der Waals surface area contributed by atoms with Crippen LogP contribution in [0.1, 0.15) is 22.6 Å². The van der Waals surface area contributed by atoms with Crippen molar-refractivity contribution in [1.29, 1.82) is 0 Å².